The number of sulfonamides is 2. The summed E-state index contributed by atoms with van der Waals surface area (Å²) in [5.74, 6) is -2.05. The van der Waals surface area contributed by atoms with Gasteiger partial charge in [-0.05, 0) is 117 Å². The lowest BCUT2D eigenvalue weighted by Gasteiger charge is -2.40. The fraction of sp³-hybridized carbons (Fsp3) is 0.267. The highest BCUT2D eigenvalue weighted by molar-refractivity contribution is 14.1. The van der Waals surface area contributed by atoms with E-state index in [1.807, 2.05) is 45.2 Å². The summed E-state index contributed by atoms with van der Waals surface area (Å²) in [6.07, 6.45) is -3.36. The lowest BCUT2D eigenvalue weighted by atomic mass is 9.99. The Kier molecular flexibility index (Phi) is 10.4. The van der Waals surface area contributed by atoms with Gasteiger partial charge in [0.05, 0.1) is 34.7 Å². The molecule has 4 atom stereocenters. The second-order valence-electron chi connectivity index (χ2n) is 10.9. The molecule has 19 heteroatoms. The van der Waals surface area contributed by atoms with Crippen molar-refractivity contribution in [1.82, 2.24) is 8.61 Å². The topological polar surface area (TPSA) is 177 Å². The Morgan fingerprint density at radius 1 is 0.755 bits per heavy atom. The summed E-state index contributed by atoms with van der Waals surface area (Å²) < 4.78 is 75.3. The number of thiophene rings is 2. The van der Waals surface area contributed by atoms with E-state index in [9.17, 15) is 36.6 Å². The van der Waals surface area contributed by atoms with Gasteiger partial charge in [0, 0.05) is 18.0 Å². The Bertz CT molecular complexity index is 2140. The number of aliphatic hydroxyl groups excluding tert-OH is 1. The van der Waals surface area contributed by atoms with E-state index >= 15 is 0 Å². The SMILES string of the molecule is COc1ccc(S(=O)(=O)N2Cc3cc(I)sc3[C@H](O)[C@@H]2C(=O)O[C@H]2c3sc(I)cc3CN(S(=O)(=O)c3ccc(OC)cc3)[C@H]2C(=O)O)cc1. The lowest BCUT2D eigenvalue weighted by molar-refractivity contribution is -0.166. The van der Waals surface area contributed by atoms with E-state index in [1.54, 1.807) is 12.1 Å². The zero-order valence-corrected chi connectivity index (χ0v) is 32.9. The molecule has 260 valence electrons. The molecule has 0 saturated heterocycles. The van der Waals surface area contributed by atoms with Crippen LogP contribution in [-0.2, 0) is 47.5 Å². The zero-order chi connectivity index (χ0) is 35.4. The Balaban J connectivity index is 1.42. The van der Waals surface area contributed by atoms with E-state index in [0.29, 0.717) is 35.3 Å². The standard InChI is InChI=1S/C30H26I2N2O11S4/c1-43-17-3-7-19(8-4-17)48(39,40)33-13-15-11-21(31)46-27(15)25(35)23(33)30(38)45-26-24(29(36)37)34(14-16-12-22(32)47-28(16)26)49(41,42)20-9-5-18(44-2)6-10-20/h3-12,23-26,35H,13-14H2,1-2H3,(H,36,37)/t23-,24-,25-,26-/m1/s1. The number of fused-ring (bicyclic) bond motifs is 2. The number of nitrogens with zero attached hydrogens (tertiary/aromatic N) is 2. The molecule has 0 fully saturated rings. The van der Waals surface area contributed by atoms with Crippen LogP contribution in [0.5, 0.6) is 11.5 Å². The van der Waals surface area contributed by atoms with Crippen LogP contribution in [0.1, 0.15) is 33.1 Å². The Labute approximate surface area is 316 Å². The average Bonchev–Trinajstić information content (AvgIpc) is 3.65. The van der Waals surface area contributed by atoms with Crippen molar-refractivity contribution < 1.29 is 50.8 Å². The minimum Gasteiger partial charge on any atom is -0.497 e. The monoisotopic (exact) mass is 972 g/mol. The second kappa shape index (κ2) is 14.0. The van der Waals surface area contributed by atoms with Gasteiger partial charge in [0.15, 0.2) is 18.2 Å². The Morgan fingerprint density at radius 2 is 1.18 bits per heavy atom. The van der Waals surface area contributed by atoms with Gasteiger partial charge in [-0.25, -0.2) is 16.8 Å². The van der Waals surface area contributed by atoms with Crippen LogP contribution in [0.15, 0.2) is 70.5 Å². The fourth-order valence-corrected chi connectivity index (χ4v) is 12.9. The molecule has 2 aromatic carbocycles. The van der Waals surface area contributed by atoms with Gasteiger partial charge in [0.2, 0.25) is 20.0 Å². The van der Waals surface area contributed by atoms with Crippen molar-refractivity contribution >= 4 is 99.8 Å². The van der Waals surface area contributed by atoms with Crippen LogP contribution in [0.4, 0.5) is 0 Å². The third kappa shape index (κ3) is 6.72. The normalized spacial score (nSPS) is 21.4. The fourth-order valence-electron chi connectivity index (χ4n) is 5.73. The largest absolute Gasteiger partial charge is 0.497 e. The van der Waals surface area contributed by atoms with Crippen molar-refractivity contribution in [3.63, 3.8) is 0 Å². The maximum absolute atomic E-state index is 14.3. The average molecular weight is 973 g/mol. The molecule has 0 spiro atoms. The predicted octanol–water partition coefficient (Wildman–Crippen LogP) is 4.58. The van der Waals surface area contributed by atoms with Crippen LogP contribution in [0, 0.1) is 5.77 Å². The maximum Gasteiger partial charge on any atom is 0.328 e. The highest BCUT2D eigenvalue weighted by atomic mass is 127. The van der Waals surface area contributed by atoms with Crippen molar-refractivity contribution in [2.75, 3.05) is 14.2 Å². The predicted molar refractivity (Wildman–Crippen MR) is 195 cm³/mol. The summed E-state index contributed by atoms with van der Waals surface area (Å²) in [4.78, 5) is 27.5. The van der Waals surface area contributed by atoms with E-state index < -0.39 is 56.3 Å². The van der Waals surface area contributed by atoms with Crippen LogP contribution >= 0.6 is 67.9 Å². The van der Waals surface area contributed by atoms with Crippen LogP contribution in [-0.4, -0.2) is 73.9 Å². The molecule has 0 bridgehead atoms. The van der Waals surface area contributed by atoms with E-state index in [4.69, 9.17) is 14.2 Å². The summed E-state index contributed by atoms with van der Waals surface area (Å²) in [6, 6.07) is 10.5. The molecule has 13 nitrogen and oxygen atoms in total. The molecule has 0 saturated carbocycles. The number of halogens is 2. The number of aliphatic carboxylic acids is 1. The van der Waals surface area contributed by atoms with Crippen LogP contribution in [0.3, 0.4) is 0 Å². The summed E-state index contributed by atoms with van der Waals surface area (Å²) >= 11 is 6.34. The first-order valence-electron chi connectivity index (χ1n) is 14.2. The van der Waals surface area contributed by atoms with Gasteiger partial charge >= 0.3 is 11.9 Å². The molecule has 4 heterocycles. The lowest BCUT2D eigenvalue weighted by Crippen LogP contribution is -2.54. The van der Waals surface area contributed by atoms with Gasteiger partial charge in [0.1, 0.15) is 17.6 Å². The van der Waals surface area contributed by atoms with Gasteiger partial charge in [-0.1, -0.05) is 0 Å². The number of carbonyl (C=O) groups is 2. The minimum absolute atomic E-state index is 0.181. The van der Waals surface area contributed by atoms with E-state index in [-0.39, 0.29) is 22.9 Å². The highest BCUT2D eigenvalue weighted by Gasteiger charge is 2.52. The van der Waals surface area contributed by atoms with E-state index in [1.165, 1.54) is 74.1 Å². The quantitative estimate of drug-likeness (QED) is 0.177. The molecule has 6 rings (SSSR count). The molecule has 2 N–H and O–H groups in total. The second-order valence-corrected chi connectivity index (χ2v) is 20.6. The van der Waals surface area contributed by atoms with Crippen molar-refractivity contribution in [3.05, 3.63) is 87.3 Å². The third-order valence-corrected chi connectivity index (χ3v) is 15.8. The first-order valence-corrected chi connectivity index (χ1v) is 20.8. The van der Waals surface area contributed by atoms with Gasteiger partial charge in [-0.3, -0.25) is 9.59 Å². The number of hydrogen-bond acceptors (Lipinski definition) is 12. The van der Waals surface area contributed by atoms with Crippen LogP contribution in [0.25, 0.3) is 0 Å². The summed E-state index contributed by atoms with van der Waals surface area (Å²) in [6.45, 7) is -0.609. The molecular formula is C30H26I2N2O11S4. The van der Waals surface area contributed by atoms with Crippen molar-refractivity contribution in [3.8, 4) is 11.5 Å². The molecule has 0 aliphatic carbocycles. The van der Waals surface area contributed by atoms with Crippen LogP contribution < -0.4 is 9.47 Å². The van der Waals surface area contributed by atoms with Gasteiger partial charge in [-0.2, -0.15) is 8.61 Å². The van der Waals surface area contributed by atoms with Gasteiger partial charge in [-0.15, -0.1) is 22.7 Å². The van der Waals surface area contributed by atoms with Crippen molar-refractivity contribution in [2.45, 2.75) is 47.2 Å². The number of aliphatic hydroxyl groups is 1. The number of ether oxygens (including phenoxy) is 3. The maximum atomic E-state index is 14.3. The summed E-state index contributed by atoms with van der Waals surface area (Å²) in [5.41, 5.74) is 0.916. The first kappa shape index (κ1) is 36.4. The summed E-state index contributed by atoms with van der Waals surface area (Å²) in [7, 11) is -6.11. The Morgan fingerprint density at radius 3 is 1.63 bits per heavy atom. The van der Waals surface area contributed by atoms with Crippen LogP contribution in [0.2, 0.25) is 0 Å². The molecule has 2 aliphatic rings. The molecule has 0 amide bonds. The number of benzene rings is 2. The smallest absolute Gasteiger partial charge is 0.328 e. The number of methoxy groups -OCH3 is 2. The summed E-state index contributed by atoms with van der Waals surface area (Å²) in [5, 5.41) is 22.1. The number of hydrogen-bond donors (Lipinski definition) is 2. The molecule has 4 aromatic rings. The number of rotatable bonds is 9. The van der Waals surface area contributed by atoms with Gasteiger partial charge < -0.3 is 24.4 Å². The molecule has 2 aromatic heterocycles. The highest BCUT2D eigenvalue weighted by Crippen LogP contribution is 2.45. The van der Waals surface area contributed by atoms with E-state index in [0.717, 1.165) is 22.8 Å². The molecule has 0 radical (unpaired) electrons. The first-order chi connectivity index (χ1) is 23.2. The van der Waals surface area contributed by atoms with E-state index in [2.05, 4.69) is 0 Å². The third-order valence-electron chi connectivity index (χ3n) is 8.08. The van der Waals surface area contributed by atoms with Gasteiger partial charge in [0.25, 0.3) is 0 Å². The van der Waals surface area contributed by atoms with Crippen molar-refractivity contribution in [2.24, 2.45) is 0 Å². The number of carbonyl (C=O) groups excluding carboxylic acids is 1. The number of carboxylic acid groups (broad SMARTS) is 1. The molecule has 0 unspecified atom stereocenters. The molecule has 2 aliphatic heterocycles. The van der Waals surface area contributed by atoms with Crippen molar-refractivity contribution in [1.29, 1.82) is 0 Å². The minimum atomic E-state index is -4.49. The number of carboxylic acids is 1. The molecule has 49 heavy (non-hydrogen) atoms. The molecular weight excluding hydrogens is 946 g/mol. The zero-order valence-electron chi connectivity index (χ0n) is 25.3. The Hall–Kier alpha value is -2.38. The number of esters is 1.